The summed E-state index contributed by atoms with van der Waals surface area (Å²) in [5, 5.41) is 14.9. The third-order valence-electron chi connectivity index (χ3n) is 7.25. The van der Waals surface area contributed by atoms with Gasteiger partial charge in [-0.2, -0.15) is 0 Å². The van der Waals surface area contributed by atoms with E-state index in [1.807, 2.05) is 25.7 Å². The largest absolute Gasteiger partial charge is 0.389 e. The van der Waals surface area contributed by atoms with Crippen molar-refractivity contribution < 1.29 is 9.90 Å². The standard InChI is InChI=1S/C24H36N4O2/c1-6-20-19-12-22-17(18-9-15(14(4)29)10-21(26-20)23(18)19)11-16(13-27(22)5)25-24(30)28(7-2)8-3/h9-10,14,16-17,22,26,29H,6-8,11-13H2,1-5H3,(H,25,30)/t14?,16-,17+,22+/m0/s1. The number of likely N-dealkylation sites (tertiary alicyclic amines) is 1. The Morgan fingerprint density at radius 1 is 1.33 bits per heavy atom. The molecule has 2 heterocycles. The van der Waals surface area contributed by atoms with Crippen molar-refractivity contribution in [2.45, 2.75) is 71.1 Å². The number of likely N-dealkylation sites (N-methyl/N-ethyl adjacent to an activating group) is 1. The Morgan fingerprint density at radius 2 is 2.07 bits per heavy atom. The summed E-state index contributed by atoms with van der Waals surface area (Å²) in [4.78, 5) is 20.6. The Labute approximate surface area is 179 Å². The topological polar surface area (TPSA) is 71.6 Å². The Balaban J connectivity index is 1.72. The van der Waals surface area contributed by atoms with Gasteiger partial charge in [0.1, 0.15) is 0 Å². The van der Waals surface area contributed by atoms with Gasteiger partial charge in [0.15, 0.2) is 0 Å². The van der Waals surface area contributed by atoms with Gasteiger partial charge in [-0.05, 0) is 69.8 Å². The second-order valence-electron chi connectivity index (χ2n) is 9.02. The summed E-state index contributed by atoms with van der Waals surface area (Å²) in [6, 6.07) is 4.90. The number of H-pyrrole nitrogens is 1. The number of aliphatic hydroxyl groups excluding tert-OH is 1. The van der Waals surface area contributed by atoms with Crippen molar-refractivity contribution >= 4 is 16.9 Å². The van der Waals surface area contributed by atoms with Crippen LogP contribution in [0.4, 0.5) is 4.79 Å². The number of benzene rings is 1. The summed E-state index contributed by atoms with van der Waals surface area (Å²) in [6.07, 6.45) is 2.47. The molecule has 1 aromatic carbocycles. The molecule has 6 heteroatoms. The molecule has 6 nitrogen and oxygen atoms in total. The van der Waals surface area contributed by atoms with E-state index in [-0.39, 0.29) is 12.1 Å². The first-order chi connectivity index (χ1) is 14.4. The predicted molar refractivity (Wildman–Crippen MR) is 121 cm³/mol. The van der Waals surface area contributed by atoms with E-state index < -0.39 is 6.10 Å². The maximum Gasteiger partial charge on any atom is 0.317 e. The van der Waals surface area contributed by atoms with Crippen molar-refractivity contribution in [3.8, 4) is 0 Å². The number of rotatable bonds is 5. The highest BCUT2D eigenvalue weighted by Gasteiger charge is 2.41. The van der Waals surface area contributed by atoms with E-state index >= 15 is 0 Å². The van der Waals surface area contributed by atoms with E-state index in [4.69, 9.17) is 0 Å². The monoisotopic (exact) mass is 412 g/mol. The van der Waals surface area contributed by atoms with Crippen molar-refractivity contribution in [2.75, 3.05) is 26.7 Å². The molecule has 164 valence electrons. The Morgan fingerprint density at radius 3 is 2.70 bits per heavy atom. The number of aromatic amines is 1. The van der Waals surface area contributed by atoms with Crippen LogP contribution in [-0.2, 0) is 12.8 Å². The molecule has 4 rings (SSSR count). The molecule has 1 aliphatic carbocycles. The summed E-state index contributed by atoms with van der Waals surface area (Å²) >= 11 is 0. The first kappa shape index (κ1) is 21.2. The van der Waals surface area contributed by atoms with Crippen molar-refractivity contribution in [1.29, 1.82) is 0 Å². The lowest BCUT2D eigenvalue weighted by Gasteiger charge is -2.46. The number of aryl methyl sites for hydroxylation is 1. The Kier molecular flexibility index (Phi) is 5.82. The summed E-state index contributed by atoms with van der Waals surface area (Å²) in [6.45, 7) is 10.4. The van der Waals surface area contributed by atoms with Gasteiger partial charge >= 0.3 is 6.03 Å². The summed E-state index contributed by atoms with van der Waals surface area (Å²) in [5.74, 6) is 0.347. The van der Waals surface area contributed by atoms with Crippen molar-refractivity contribution in [2.24, 2.45) is 0 Å². The number of urea groups is 1. The molecule has 3 N–H and O–H groups in total. The molecule has 4 atom stereocenters. The molecule has 0 spiro atoms. The number of amides is 2. The molecule has 1 aromatic heterocycles. The number of hydrogen-bond acceptors (Lipinski definition) is 3. The van der Waals surface area contributed by atoms with Gasteiger partial charge in [0.25, 0.3) is 0 Å². The zero-order chi connectivity index (χ0) is 21.6. The molecule has 1 aliphatic heterocycles. The molecule has 1 fully saturated rings. The SMILES string of the molecule is CCc1[nH]c2cc(C(C)O)cc3c2c1C[C@@H]1[C@@H]3C[C@H](NC(=O)N(CC)CC)CN1C. The number of carbonyl (C=O) groups excluding carboxylic acids is 1. The van der Waals surface area contributed by atoms with Crippen LogP contribution in [-0.4, -0.2) is 64.7 Å². The van der Waals surface area contributed by atoms with E-state index in [2.05, 4.69) is 41.3 Å². The number of nitrogens with zero attached hydrogens (tertiary/aromatic N) is 2. The number of nitrogens with one attached hydrogen (secondary N) is 2. The fourth-order valence-electron chi connectivity index (χ4n) is 5.62. The summed E-state index contributed by atoms with van der Waals surface area (Å²) < 4.78 is 0. The highest BCUT2D eigenvalue weighted by atomic mass is 16.3. The molecule has 2 aliphatic rings. The van der Waals surface area contributed by atoms with Gasteiger partial charge in [0.05, 0.1) is 6.10 Å². The summed E-state index contributed by atoms with van der Waals surface area (Å²) in [7, 11) is 2.19. The van der Waals surface area contributed by atoms with Crippen LogP contribution in [0, 0.1) is 0 Å². The van der Waals surface area contributed by atoms with Crippen LogP contribution in [0.5, 0.6) is 0 Å². The molecule has 30 heavy (non-hydrogen) atoms. The maximum absolute atomic E-state index is 12.7. The van der Waals surface area contributed by atoms with Gasteiger partial charge in [0.2, 0.25) is 0 Å². The lowest BCUT2D eigenvalue weighted by molar-refractivity contribution is 0.123. The fraction of sp³-hybridized carbons (Fsp3) is 0.625. The van der Waals surface area contributed by atoms with Gasteiger partial charge in [0, 0.05) is 54.2 Å². The normalized spacial score (nSPS) is 24.5. The van der Waals surface area contributed by atoms with Gasteiger partial charge in [-0.15, -0.1) is 0 Å². The molecule has 0 bridgehead atoms. The van der Waals surface area contributed by atoms with Gasteiger partial charge in [-0.25, -0.2) is 4.79 Å². The molecule has 0 saturated carbocycles. The number of aromatic nitrogens is 1. The van der Waals surface area contributed by atoms with E-state index in [1.165, 1.54) is 22.2 Å². The Bertz CT molecular complexity index is 931. The van der Waals surface area contributed by atoms with Crippen LogP contribution < -0.4 is 5.32 Å². The quantitative estimate of drug-likeness (QED) is 0.703. The van der Waals surface area contributed by atoms with Crippen molar-refractivity contribution in [3.63, 3.8) is 0 Å². The van der Waals surface area contributed by atoms with Gasteiger partial charge < -0.3 is 25.2 Å². The molecule has 2 aromatic rings. The smallest absolute Gasteiger partial charge is 0.317 e. The molecule has 2 amide bonds. The molecule has 0 radical (unpaired) electrons. The fourth-order valence-corrected chi connectivity index (χ4v) is 5.62. The zero-order valence-corrected chi connectivity index (χ0v) is 19.0. The number of carbonyl (C=O) groups is 1. The molecule has 1 unspecified atom stereocenters. The second-order valence-corrected chi connectivity index (χ2v) is 9.02. The molecular weight excluding hydrogens is 376 g/mol. The minimum atomic E-state index is -0.498. The Hall–Kier alpha value is -2.05. The van der Waals surface area contributed by atoms with Crippen LogP contribution in [0.25, 0.3) is 10.9 Å². The maximum atomic E-state index is 12.7. The lowest BCUT2D eigenvalue weighted by atomic mass is 9.73. The van der Waals surface area contributed by atoms with Crippen LogP contribution >= 0.6 is 0 Å². The number of fused-ring (bicyclic) bond motifs is 2. The third-order valence-corrected chi connectivity index (χ3v) is 7.25. The lowest BCUT2D eigenvalue weighted by Crippen LogP contribution is -2.56. The summed E-state index contributed by atoms with van der Waals surface area (Å²) in [5.41, 5.74) is 6.20. The van der Waals surface area contributed by atoms with E-state index in [9.17, 15) is 9.90 Å². The predicted octanol–water partition coefficient (Wildman–Crippen LogP) is 3.55. The first-order valence-electron chi connectivity index (χ1n) is 11.5. The average Bonchev–Trinajstić information content (AvgIpc) is 3.08. The van der Waals surface area contributed by atoms with E-state index in [0.29, 0.717) is 12.0 Å². The van der Waals surface area contributed by atoms with E-state index in [1.54, 1.807) is 0 Å². The minimum absolute atomic E-state index is 0.0335. The highest BCUT2D eigenvalue weighted by molar-refractivity contribution is 5.90. The second kappa shape index (κ2) is 8.23. The van der Waals surface area contributed by atoms with Crippen molar-refractivity contribution in [3.05, 3.63) is 34.5 Å². The van der Waals surface area contributed by atoms with Gasteiger partial charge in [-0.3, -0.25) is 0 Å². The van der Waals surface area contributed by atoms with Crippen LogP contribution in [0.15, 0.2) is 12.1 Å². The first-order valence-corrected chi connectivity index (χ1v) is 11.5. The highest BCUT2D eigenvalue weighted by Crippen LogP contribution is 2.45. The van der Waals surface area contributed by atoms with Crippen LogP contribution in [0.3, 0.4) is 0 Å². The average molecular weight is 413 g/mol. The van der Waals surface area contributed by atoms with Gasteiger partial charge in [-0.1, -0.05) is 13.0 Å². The van der Waals surface area contributed by atoms with Crippen molar-refractivity contribution in [1.82, 2.24) is 20.1 Å². The van der Waals surface area contributed by atoms with Crippen LogP contribution in [0.1, 0.15) is 68.5 Å². The number of aliphatic hydroxyl groups is 1. The number of hydrogen-bond donors (Lipinski definition) is 3. The minimum Gasteiger partial charge on any atom is -0.389 e. The third kappa shape index (κ3) is 3.50. The van der Waals surface area contributed by atoms with Crippen LogP contribution in [0.2, 0.25) is 0 Å². The molecular formula is C24H36N4O2. The zero-order valence-electron chi connectivity index (χ0n) is 19.0. The van der Waals surface area contributed by atoms with E-state index in [0.717, 1.165) is 50.0 Å². The number of piperidine rings is 1. The molecule has 1 saturated heterocycles.